The Labute approximate surface area is 176 Å². The van der Waals surface area contributed by atoms with E-state index in [0.717, 1.165) is 29.8 Å². The second-order valence-electron chi connectivity index (χ2n) is 8.17. The number of fused-ring (bicyclic) bond motifs is 1. The maximum Gasteiger partial charge on any atom is 0.256 e. The van der Waals surface area contributed by atoms with Crippen LogP contribution in [0.25, 0.3) is 0 Å². The molecule has 8 nitrogen and oxygen atoms in total. The number of rotatable bonds is 5. The van der Waals surface area contributed by atoms with Gasteiger partial charge in [0, 0.05) is 36.8 Å². The fourth-order valence-electron chi connectivity index (χ4n) is 4.30. The normalized spacial score (nSPS) is 20.7. The number of carbonyl (C=O) groups excluding carboxylic acids is 2. The maximum absolute atomic E-state index is 13.3. The largest absolute Gasteiger partial charge is 0.383 e. The number of aromatic nitrogens is 3. The summed E-state index contributed by atoms with van der Waals surface area (Å²) in [6.45, 7) is 7.34. The van der Waals surface area contributed by atoms with Gasteiger partial charge in [0.2, 0.25) is 5.91 Å². The number of pyridine rings is 1. The number of carbonyl (C=O) groups is 2. The second-order valence-corrected chi connectivity index (χ2v) is 8.17. The van der Waals surface area contributed by atoms with Crippen molar-refractivity contribution >= 4 is 17.6 Å². The van der Waals surface area contributed by atoms with Crippen LogP contribution in [0.1, 0.15) is 52.9 Å². The summed E-state index contributed by atoms with van der Waals surface area (Å²) in [6.07, 6.45) is 3.56. The van der Waals surface area contributed by atoms with Crippen molar-refractivity contribution in [3.05, 3.63) is 46.7 Å². The lowest BCUT2D eigenvalue weighted by Crippen LogP contribution is -2.44. The first-order chi connectivity index (χ1) is 14.3. The highest BCUT2D eigenvalue weighted by atomic mass is 16.5. The zero-order valence-corrected chi connectivity index (χ0v) is 17.9. The molecule has 1 saturated heterocycles. The highest BCUT2D eigenvalue weighted by molar-refractivity contribution is 6.00. The Morgan fingerprint density at radius 2 is 2.07 bits per heavy atom. The molecule has 2 amide bonds. The molecule has 1 atom stereocenters. The summed E-state index contributed by atoms with van der Waals surface area (Å²) in [5, 5.41) is 0. The Bertz CT molecular complexity index is 991. The van der Waals surface area contributed by atoms with Crippen molar-refractivity contribution in [2.45, 2.75) is 45.6 Å². The Kier molecular flexibility index (Phi) is 5.27. The van der Waals surface area contributed by atoms with Crippen LogP contribution in [0.2, 0.25) is 0 Å². The number of ether oxygens (including phenoxy) is 1. The third kappa shape index (κ3) is 3.35. The molecule has 0 bridgehead atoms. The minimum atomic E-state index is -0.639. The van der Waals surface area contributed by atoms with E-state index in [9.17, 15) is 9.59 Å². The summed E-state index contributed by atoms with van der Waals surface area (Å²) in [5.41, 5.74) is 2.45. The molecule has 0 radical (unpaired) electrons. The first-order valence-electron chi connectivity index (χ1n) is 10.3. The van der Waals surface area contributed by atoms with E-state index in [-0.39, 0.29) is 11.8 Å². The molecule has 2 aliphatic rings. The SMILES string of the molecule is COCCN1C(=O)Cc2c(C)nc([C@]3(C)CCCN3C(=O)c3ccc(C)nc3)nc21. The van der Waals surface area contributed by atoms with Crippen molar-refractivity contribution in [3.63, 3.8) is 0 Å². The number of hydrogen-bond acceptors (Lipinski definition) is 6. The van der Waals surface area contributed by atoms with E-state index in [1.807, 2.05) is 37.8 Å². The summed E-state index contributed by atoms with van der Waals surface area (Å²) in [5.74, 6) is 1.17. The van der Waals surface area contributed by atoms with Crippen molar-refractivity contribution in [2.24, 2.45) is 0 Å². The smallest absolute Gasteiger partial charge is 0.256 e. The van der Waals surface area contributed by atoms with Crippen LogP contribution in [0.5, 0.6) is 0 Å². The number of nitrogens with zero attached hydrogens (tertiary/aromatic N) is 5. The van der Waals surface area contributed by atoms with Crippen LogP contribution in [-0.4, -0.2) is 58.5 Å². The van der Waals surface area contributed by atoms with Crippen LogP contribution in [0.15, 0.2) is 18.3 Å². The number of likely N-dealkylation sites (tertiary alicyclic amines) is 1. The van der Waals surface area contributed by atoms with Crippen molar-refractivity contribution in [1.29, 1.82) is 0 Å². The zero-order valence-electron chi connectivity index (χ0n) is 17.9. The molecule has 2 aromatic heterocycles. The minimum absolute atomic E-state index is 0.00633. The van der Waals surface area contributed by atoms with Crippen molar-refractivity contribution in [1.82, 2.24) is 19.9 Å². The van der Waals surface area contributed by atoms with E-state index in [1.165, 1.54) is 0 Å². The van der Waals surface area contributed by atoms with Gasteiger partial charge in [-0.05, 0) is 45.7 Å². The standard InChI is InChI=1S/C22H27N5O3/c1-14-6-7-16(13-23-14)20(29)27-9-5-8-22(27,3)21-24-15(2)17-12-18(28)26(10-11-30-4)19(17)25-21/h6-7,13H,5,8-12H2,1-4H3/t22-/m0/s1. The Morgan fingerprint density at radius 3 is 2.77 bits per heavy atom. The predicted molar refractivity (Wildman–Crippen MR) is 111 cm³/mol. The lowest BCUT2D eigenvalue weighted by molar-refractivity contribution is -0.117. The van der Waals surface area contributed by atoms with Gasteiger partial charge in [-0.15, -0.1) is 0 Å². The number of hydrogen-bond donors (Lipinski definition) is 0. The lowest BCUT2D eigenvalue weighted by Gasteiger charge is -2.34. The topological polar surface area (TPSA) is 88.5 Å². The molecular weight excluding hydrogens is 382 g/mol. The molecule has 0 spiro atoms. The molecule has 2 aliphatic heterocycles. The Balaban J connectivity index is 1.71. The van der Waals surface area contributed by atoms with E-state index in [4.69, 9.17) is 14.7 Å². The number of aryl methyl sites for hydroxylation is 2. The van der Waals surface area contributed by atoms with Crippen molar-refractivity contribution in [2.75, 3.05) is 31.7 Å². The van der Waals surface area contributed by atoms with Gasteiger partial charge in [0.05, 0.1) is 25.1 Å². The summed E-state index contributed by atoms with van der Waals surface area (Å²) in [7, 11) is 1.61. The van der Waals surface area contributed by atoms with Crippen LogP contribution in [0.4, 0.5) is 5.82 Å². The molecule has 158 valence electrons. The van der Waals surface area contributed by atoms with E-state index < -0.39 is 5.54 Å². The van der Waals surface area contributed by atoms with Crippen molar-refractivity contribution in [3.8, 4) is 0 Å². The fraction of sp³-hybridized carbons (Fsp3) is 0.500. The van der Waals surface area contributed by atoms with Gasteiger partial charge in [-0.3, -0.25) is 19.5 Å². The minimum Gasteiger partial charge on any atom is -0.383 e. The van der Waals surface area contributed by atoms with Gasteiger partial charge in [0.15, 0.2) is 5.82 Å². The van der Waals surface area contributed by atoms with E-state index >= 15 is 0 Å². The predicted octanol–water partition coefficient (Wildman–Crippen LogP) is 2.18. The van der Waals surface area contributed by atoms with Gasteiger partial charge in [-0.1, -0.05) is 0 Å². The summed E-state index contributed by atoms with van der Waals surface area (Å²) >= 11 is 0. The van der Waals surface area contributed by atoms with Crippen molar-refractivity contribution < 1.29 is 14.3 Å². The number of methoxy groups -OCH3 is 1. The molecule has 0 aromatic carbocycles. The summed E-state index contributed by atoms with van der Waals surface area (Å²) < 4.78 is 5.16. The Hall–Kier alpha value is -2.87. The monoisotopic (exact) mass is 409 g/mol. The van der Waals surface area contributed by atoms with Crippen LogP contribution in [0, 0.1) is 13.8 Å². The molecule has 0 aliphatic carbocycles. The summed E-state index contributed by atoms with van der Waals surface area (Å²) in [6, 6.07) is 3.65. The molecular formula is C22H27N5O3. The first kappa shape index (κ1) is 20.4. The van der Waals surface area contributed by atoms with E-state index in [1.54, 1.807) is 18.2 Å². The van der Waals surface area contributed by atoms with Crippen LogP contribution in [-0.2, 0) is 21.5 Å². The lowest BCUT2D eigenvalue weighted by atomic mass is 9.96. The fourth-order valence-corrected chi connectivity index (χ4v) is 4.30. The molecule has 0 N–H and O–H groups in total. The zero-order chi connectivity index (χ0) is 21.5. The first-order valence-corrected chi connectivity index (χ1v) is 10.3. The third-order valence-corrected chi connectivity index (χ3v) is 6.12. The number of amides is 2. The van der Waals surface area contributed by atoms with Gasteiger partial charge < -0.3 is 9.64 Å². The average Bonchev–Trinajstić information content (AvgIpc) is 3.27. The van der Waals surface area contributed by atoms with Gasteiger partial charge in [0.25, 0.3) is 5.91 Å². The quantitative estimate of drug-likeness (QED) is 0.752. The molecule has 8 heteroatoms. The molecule has 30 heavy (non-hydrogen) atoms. The Morgan fingerprint density at radius 1 is 1.27 bits per heavy atom. The van der Waals surface area contributed by atoms with E-state index in [0.29, 0.717) is 43.3 Å². The second kappa shape index (κ2) is 7.75. The molecule has 4 rings (SSSR count). The molecule has 0 unspecified atom stereocenters. The molecule has 0 saturated carbocycles. The highest BCUT2D eigenvalue weighted by Gasteiger charge is 2.45. The highest BCUT2D eigenvalue weighted by Crippen LogP contribution is 2.40. The number of anilines is 1. The van der Waals surface area contributed by atoms with Gasteiger partial charge in [-0.25, -0.2) is 9.97 Å². The molecule has 4 heterocycles. The van der Waals surface area contributed by atoms with E-state index in [2.05, 4.69) is 4.98 Å². The van der Waals surface area contributed by atoms with Crippen LogP contribution < -0.4 is 4.90 Å². The molecule has 1 fully saturated rings. The summed E-state index contributed by atoms with van der Waals surface area (Å²) in [4.78, 5) is 43.2. The van der Waals surface area contributed by atoms with Crippen LogP contribution in [0.3, 0.4) is 0 Å². The third-order valence-electron chi connectivity index (χ3n) is 6.12. The van der Waals surface area contributed by atoms with Crippen LogP contribution >= 0.6 is 0 Å². The average molecular weight is 409 g/mol. The van der Waals surface area contributed by atoms with Gasteiger partial charge >= 0.3 is 0 Å². The maximum atomic E-state index is 13.3. The van der Waals surface area contributed by atoms with Gasteiger partial charge in [0.1, 0.15) is 11.4 Å². The van der Waals surface area contributed by atoms with Gasteiger partial charge in [-0.2, -0.15) is 0 Å². The molecule has 2 aromatic rings.